The Balaban J connectivity index is 1.53. The zero-order valence-electron chi connectivity index (χ0n) is 23.0. The van der Waals surface area contributed by atoms with Crippen LogP contribution in [0.25, 0.3) is 0 Å². The van der Waals surface area contributed by atoms with Crippen molar-refractivity contribution in [3.8, 4) is 11.5 Å². The highest BCUT2D eigenvalue weighted by atomic mass is 32.2. The summed E-state index contributed by atoms with van der Waals surface area (Å²) in [5.41, 5.74) is 1.05. The number of aromatic nitrogens is 2. The van der Waals surface area contributed by atoms with E-state index < -0.39 is 15.6 Å². The molecule has 39 heavy (non-hydrogen) atoms. The molecule has 1 aliphatic heterocycles. The van der Waals surface area contributed by atoms with Gasteiger partial charge >= 0.3 is 6.09 Å². The van der Waals surface area contributed by atoms with Crippen LogP contribution in [-0.4, -0.2) is 65.9 Å². The number of nitrogens with zero attached hydrogens (tertiary/aromatic N) is 4. The summed E-state index contributed by atoms with van der Waals surface area (Å²) in [5, 5.41) is 4.35. The molecule has 0 bridgehead atoms. The van der Waals surface area contributed by atoms with Crippen LogP contribution in [0.1, 0.15) is 38.3 Å². The van der Waals surface area contributed by atoms with E-state index in [9.17, 15) is 13.2 Å². The Morgan fingerprint density at radius 2 is 1.49 bits per heavy atom. The van der Waals surface area contributed by atoms with Crippen molar-refractivity contribution in [3.63, 3.8) is 0 Å². The van der Waals surface area contributed by atoms with E-state index in [1.807, 2.05) is 45.0 Å². The first-order valence-corrected chi connectivity index (χ1v) is 14.2. The third kappa shape index (κ3) is 7.10. The van der Waals surface area contributed by atoms with Gasteiger partial charge in [0.25, 0.3) is 10.0 Å². The van der Waals surface area contributed by atoms with Crippen molar-refractivity contribution in [2.75, 3.05) is 20.8 Å². The lowest BCUT2D eigenvalue weighted by Crippen LogP contribution is -2.54. The average Bonchev–Trinajstić information content (AvgIpc) is 3.36. The number of carbonyl (C=O) groups is 1. The fourth-order valence-electron chi connectivity index (χ4n) is 4.22. The lowest BCUT2D eigenvalue weighted by atomic mass is 10.0. The standard InChI is InChI=1S/C28H36N4O6S/c1-28(2,3)38-27(33)32-17-14-23(32)20-30-16-15-26(29-30)39(34,35)31(18-21-6-10-24(36-4)11-7-21)19-22-8-12-25(37-5)13-9-22/h6-13,15-16,23H,14,17-20H2,1-5H3. The molecule has 0 saturated carbocycles. The van der Waals surface area contributed by atoms with Crippen molar-refractivity contribution >= 4 is 16.1 Å². The fourth-order valence-corrected chi connectivity index (χ4v) is 5.56. The van der Waals surface area contributed by atoms with Gasteiger partial charge in [0.15, 0.2) is 5.03 Å². The van der Waals surface area contributed by atoms with Gasteiger partial charge < -0.3 is 19.1 Å². The molecule has 3 aromatic rings. The zero-order chi connectivity index (χ0) is 28.2. The van der Waals surface area contributed by atoms with Crippen LogP contribution in [0.15, 0.2) is 65.8 Å². The van der Waals surface area contributed by atoms with E-state index >= 15 is 0 Å². The molecule has 0 aliphatic carbocycles. The quantitative estimate of drug-likeness (QED) is 0.367. The lowest BCUT2D eigenvalue weighted by Gasteiger charge is -2.41. The van der Waals surface area contributed by atoms with Crippen LogP contribution in [0.3, 0.4) is 0 Å². The number of carbonyl (C=O) groups excluding carboxylic acids is 1. The van der Waals surface area contributed by atoms with Crippen molar-refractivity contribution in [2.24, 2.45) is 0 Å². The summed E-state index contributed by atoms with van der Waals surface area (Å²) in [4.78, 5) is 14.1. The number of hydrogen-bond acceptors (Lipinski definition) is 7. The van der Waals surface area contributed by atoms with Crippen LogP contribution in [0.4, 0.5) is 4.79 Å². The van der Waals surface area contributed by atoms with Gasteiger partial charge in [0.1, 0.15) is 17.1 Å². The highest BCUT2D eigenvalue weighted by Gasteiger charge is 2.36. The van der Waals surface area contributed by atoms with Crippen molar-refractivity contribution < 1.29 is 27.4 Å². The summed E-state index contributed by atoms with van der Waals surface area (Å²) >= 11 is 0. The molecule has 1 fully saturated rings. The normalized spacial score (nSPS) is 15.6. The summed E-state index contributed by atoms with van der Waals surface area (Å²) < 4.78 is 46.6. The molecule has 1 amide bonds. The number of benzene rings is 2. The van der Waals surface area contributed by atoms with E-state index in [0.29, 0.717) is 24.6 Å². The molecule has 0 N–H and O–H groups in total. The van der Waals surface area contributed by atoms with Gasteiger partial charge in [0.05, 0.1) is 26.8 Å². The maximum atomic E-state index is 13.8. The summed E-state index contributed by atoms with van der Waals surface area (Å²) in [5.74, 6) is 1.39. The van der Waals surface area contributed by atoms with E-state index in [2.05, 4.69) is 5.10 Å². The van der Waals surface area contributed by atoms with Gasteiger partial charge in [-0.3, -0.25) is 4.68 Å². The molecule has 0 spiro atoms. The van der Waals surface area contributed by atoms with Gasteiger partial charge in [-0.05, 0) is 68.7 Å². The minimum Gasteiger partial charge on any atom is -0.497 e. The van der Waals surface area contributed by atoms with E-state index in [0.717, 1.165) is 17.5 Å². The van der Waals surface area contributed by atoms with Crippen LogP contribution in [0.2, 0.25) is 0 Å². The molecule has 1 saturated heterocycles. The first-order valence-electron chi connectivity index (χ1n) is 12.8. The van der Waals surface area contributed by atoms with Crippen LogP contribution >= 0.6 is 0 Å². The molecule has 10 nitrogen and oxygen atoms in total. The maximum absolute atomic E-state index is 13.8. The number of likely N-dealkylation sites (tertiary alicyclic amines) is 1. The van der Waals surface area contributed by atoms with Crippen LogP contribution in [-0.2, 0) is 34.4 Å². The topological polar surface area (TPSA) is 103 Å². The number of rotatable bonds is 10. The van der Waals surface area contributed by atoms with Gasteiger partial charge in [-0.15, -0.1) is 0 Å². The summed E-state index contributed by atoms with van der Waals surface area (Å²) in [6.07, 6.45) is 2.06. The number of methoxy groups -OCH3 is 2. The second-order valence-corrected chi connectivity index (χ2v) is 12.3. The largest absolute Gasteiger partial charge is 0.497 e. The van der Waals surface area contributed by atoms with Crippen LogP contribution in [0, 0.1) is 0 Å². The predicted molar refractivity (Wildman–Crippen MR) is 146 cm³/mol. The third-order valence-corrected chi connectivity index (χ3v) is 8.11. The summed E-state index contributed by atoms with van der Waals surface area (Å²) in [7, 11) is -0.782. The number of hydrogen-bond donors (Lipinski definition) is 0. The Kier molecular flexibility index (Phi) is 8.51. The van der Waals surface area contributed by atoms with E-state index in [1.165, 1.54) is 10.4 Å². The van der Waals surface area contributed by atoms with Gasteiger partial charge in [0, 0.05) is 25.8 Å². The monoisotopic (exact) mass is 556 g/mol. The Morgan fingerprint density at radius 1 is 0.949 bits per heavy atom. The summed E-state index contributed by atoms with van der Waals surface area (Å²) in [6.45, 7) is 6.77. The minimum atomic E-state index is -3.95. The van der Waals surface area contributed by atoms with Gasteiger partial charge in [-0.2, -0.15) is 9.40 Å². The molecule has 1 aliphatic rings. The van der Waals surface area contributed by atoms with Gasteiger partial charge in [0.2, 0.25) is 0 Å². The van der Waals surface area contributed by atoms with Gasteiger partial charge in [-0.25, -0.2) is 13.2 Å². The smallest absolute Gasteiger partial charge is 0.410 e. The average molecular weight is 557 g/mol. The van der Waals surface area contributed by atoms with Crippen LogP contribution < -0.4 is 9.47 Å². The number of ether oxygens (including phenoxy) is 3. The second kappa shape index (κ2) is 11.7. The van der Waals surface area contributed by atoms with Gasteiger partial charge in [-0.1, -0.05) is 24.3 Å². The molecule has 1 aromatic heterocycles. The molecule has 1 unspecified atom stereocenters. The van der Waals surface area contributed by atoms with Crippen molar-refractivity contribution in [2.45, 2.75) is 63.5 Å². The van der Waals surface area contributed by atoms with Crippen molar-refractivity contribution in [1.29, 1.82) is 0 Å². The first kappa shape index (κ1) is 28.4. The maximum Gasteiger partial charge on any atom is 0.410 e. The third-order valence-electron chi connectivity index (χ3n) is 6.43. The van der Waals surface area contributed by atoms with Crippen molar-refractivity contribution in [3.05, 3.63) is 71.9 Å². The Bertz CT molecular complexity index is 1310. The first-order chi connectivity index (χ1) is 18.5. The highest BCUT2D eigenvalue weighted by molar-refractivity contribution is 7.89. The molecule has 210 valence electrons. The lowest BCUT2D eigenvalue weighted by molar-refractivity contribution is -0.00891. The molecule has 2 heterocycles. The molecule has 4 rings (SSSR count). The second-order valence-electron chi connectivity index (χ2n) is 10.5. The minimum absolute atomic E-state index is 0.0485. The number of sulfonamides is 1. The van der Waals surface area contributed by atoms with Crippen molar-refractivity contribution in [1.82, 2.24) is 19.0 Å². The SMILES string of the molecule is COc1ccc(CN(Cc2ccc(OC)cc2)S(=O)(=O)c2ccn(CC3CCN3C(=O)OC(C)(C)C)n2)cc1. The molecule has 0 radical (unpaired) electrons. The molecular formula is C28H36N4O6S. The Morgan fingerprint density at radius 3 is 1.92 bits per heavy atom. The molecule has 1 atom stereocenters. The highest BCUT2D eigenvalue weighted by Crippen LogP contribution is 2.25. The van der Waals surface area contributed by atoms with Crippen LogP contribution in [0.5, 0.6) is 11.5 Å². The van der Waals surface area contributed by atoms with E-state index in [-0.39, 0.29) is 30.3 Å². The van der Waals surface area contributed by atoms with E-state index in [1.54, 1.807) is 54.3 Å². The molecule has 11 heteroatoms. The molecular weight excluding hydrogens is 520 g/mol. The Labute approximate surface area is 230 Å². The number of amides is 1. The predicted octanol–water partition coefficient (Wildman–Crippen LogP) is 4.30. The summed E-state index contributed by atoms with van der Waals surface area (Å²) in [6, 6.07) is 16.0. The Hall–Kier alpha value is -3.57. The zero-order valence-corrected chi connectivity index (χ0v) is 23.8. The fraction of sp³-hybridized carbons (Fsp3) is 0.429. The van der Waals surface area contributed by atoms with E-state index in [4.69, 9.17) is 14.2 Å². The molecule has 2 aromatic carbocycles.